The SMILES string of the molecule is CCC(=O)Oc1c2n(ccc1=O)NCN(C(C)C(F)(F)F)C2=O.c1ccc2c(c1)CSc1ccccc1C2. The summed E-state index contributed by atoms with van der Waals surface area (Å²) in [5, 5.41) is 0. The molecule has 0 fully saturated rings. The van der Waals surface area contributed by atoms with Crippen molar-refractivity contribution in [2.75, 3.05) is 12.1 Å². The van der Waals surface area contributed by atoms with Gasteiger partial charge in [0.25, 0.3) is 5.91 Å². The lowest BCUT2D eigenvalue weighted by molar-refractivity contribution is -0.172. The molecule has 2 aliphatic heterocycles. The predicted molar refractivity (Wildman–Crippen MR) is 138 cm³/mol. The summed E-state index contributed by atoms with van der Waals surface area (Å²) in [6, 6.07) is 16.5. The average molecular weight is 546 g/mol. The van der Waals surface area contributed by atoms with Gasteiger partial charge in [0.1, 0.15) is 12.7 Å². The summed E-state index contributed by atoms with van der Waals surface area (Å²) in [4.78, 5) is 37.6. The summed E-state index contributed by atoms with van der Waals surface area (Å²) in [7, 11) is 0. The van der Waals surface area contributed by atoms with Crippen molar-refractivity contribution in [1.29, 1.82) is 0 Å². The highest BCUT2D eigenvalue weighted by atomic mass is 32.2. The number of hydrogen-bond donors (Lipinski definition) is 1. The first-order chi connectivity index (χ1) is 18.1. The third-order valence-corrected chi connectivity index (χ3v) is 7.40. The number of carbonyl (C=O) groups excluding carboxylic acids is 2. The van der Waals surface area contributed by atoms with Crippen LogP contribution in [0.3, 0.4) is 0 Å². The second kappa shape index (κ2) is 11.3. The van der Waals surface area contributed by atoms with E-state index in [4.69, 9.17) is 4.74 Å². The number of amides is 1. The maximum atomic E-state index is 12.9. The minimum Gasteiger partial charge on any atom is -0.420 e. The van der Waals surface area contributed by atoms with Crippen molar-refractivity contribution in [2.24, 2.45) is 0 Å². The highest BCUT2D eigenvalue weighted by Gasteiger charge is 2.44. The number of benzene rings is 2. The van der Waals surface area contributed by atoms with Gasteiger partial charge in [-0.05, 0) is 36.1 Å². The molecule has 0 bridgehead atoms. The van der Waals surface area contributed by atoms with Crippen LogP contribution in [0.25, 0.3) is 0 Å². The molecule has 1 unspecified atom stereocenters. The van der Waals surface area contributed by atoms with Crippen LogP contribution in [0.1, 0.15) is 47.4 Å². The van der Waals surface area contributed by atoms with Crippen LogP contribution in [0.15, 0.2) is 70.5 Å². The van der Waals surface area contributed by atoms with Gasteiger partial charge < -0.3 is 15.1 Å². The lowest BCUT2D eigenvalue weighted by Crippen LogP contribution is -2.54. The van der Waals surface area contributed by atoms with E-state index in [1.54, 1.807) is 0 Å². The van der Waals surface area contributed by atoms with Crippen molar-refractivity contribution in [1.82, 2.24) is 9.58 Å². The summed E-state index contributed by atoms with van der Waals surface area (Å²) < 4.78 is 44.5. The first-order valence-electron chi connectivity index (χ1n) is 12.0. The number of esters is 1. The van der Waals surface area contributed by atoms with E-state index >= 15 is 0 Å². The Bertz CT molecular complexity index is 1360. The van der Waals surface area contributed by atoms with Gasteiger partial charge >= 0.3 is 12.1 Å². The fraction of sp³-hybridized carbons (Fsp3) is 0.296. The summed E-state index contributed by atoms with van der Waals surface area (Å²) in [5.41, 5.74) is 5.77. The summed E-state index contributed by atoms with van der Waals surface area (Å²) in [6.45, 7) is 1.90. The van der Waals surface area contributed by atoms with Crippen LogP contribution in [-0.4, -0.2) is 40.3 Å². The quantitative estimate of drug-likeness (QED) is 0.469. The van der Waals surface area contributed by atoms with E-state index in [1.165, 1.54) is 34.7 Å². The van der Waals surface area contributed by atoms with E-state index in [9.17, 15) is 27.6 Å². The number of nitrogens with zero attached hydrogens (tertiary/aromatic N) is 2. The number of nitrogens with one attached hydrogen (secondary N) is 1. The zero-order chi connectivity index (χ0) is 27.4. The monoisotopic (exact) mass is 545 g/mol. The van der Waals surface area contributed by atoms with Crippen molar-refractivity contribution in [3.05, 3.63) is 93.4 Å². The molecule has 1 N–H and O–H groups in total. The zero-order valence-corrected chi connectivity index (χ0v) is 21.6. The van der Waals surface area contributed by atoms with E-state index in [1.807, 2.05) is 11.8 Å². The topological polar surface area (TPSA) is 80.6 Å². The van der Waals surface area contributed by atoms with Crippen LogP contribution in [-0.2, 0) is 17.0 Å². The fourth-order valence-corrected chi connectivity index (χ4v) is 5.10. The number of aromatic nitrogens is 1. The van der Waals surface area contributed by atoms with E-state index in [2.05, 4.69) is 54.0 Å². The minimum atomic E-state index is -4.63. The second-order valence-electron chi connectivity index (χ2n) is 8.71. The van der Waals surface area contributed by atoms with Crippen molar-refractivity contribution in [2.45, 2.75) is 49.6 Å². The van der Waals surface area contributed by atoms with Crippen molar-refractivity contribution in [3.8, 4) is 5.75 Å². The van der Waals surface area contributed by atoms with Crippen LogP contribution in [0.4, 0.5) is 13.2 Å². The number of rotatable bonds is 3. The Morgan fingerprint density at radius 3 is 2.39 bits per heavy atom. The van der Waals surface area contributed by atoms with Crippen LogP contribution in [0.5, 0.6) is 5.75 Å². The second-order valence-corrected chi connectivity index (χ2v) is 9.72. The molecule has 11 heteroatoms. The van der Waals surface area contributed by atoms with Gasteiger partial charge in [-0.2, -0.15) is 13.2 Å². The average Bonchev–Trinajstić information content (AvgIpc) is 3.09. The molecule has 38 heavy (non-hydrogen) atoms. The largest absolute Gasteiger partial charge is 0.420 e. The van der Waals surface area contributed by atoms with Gasteiger partial charge in [-0.1, -0.05) is 49.4 Å². The molecule has 1 atom stereocenters. The Morgan fingerprint density at radius 2 is 1.71 bits per heavy atom. The Balaban J connectivity index is 0.000000192. The molecule has 5 rings (SSSR count). The molecule has 0 radical (unpaired) electrons. The van der Waals surface area contributed by atoms with Crippen molar-refractivity contribution < 1.29 is 27.5 Å². The van der Waals surface area contributed by atoms with Gasteiger partial charge in [0, 0.05) is 29.3 Å². The molecule has 1 amide bonds. The molecule has 2 aromatic carbocycles. The molecule has 1 aromatic heterocycles. The third-order valence-electron chi connectivity index (χ3n) is 6.23. The van der Waals surface area contributed by atoms with Crippen LogP contribution >= 0.6 is 11.8 Å². The zero-order valence-electron chi connectivity index (χ0n) is 20.7. The lowest BCUT2D eigenvalue weighted by atomic mass is 10.0. The maximum Gasteiger partial charge on any atom is 0.408 e. The predicted octanol–water partition coefficient (Wildman–Crippen LogP) is 4.95. The Labute approximate surface area is 221 Å². The number of thioether (sulfide) groups is 1. The number of halogens is 3. The van der Waals surface area contributed by atoms with Gasteiger partial charge in [0.2, 0.25) is 11.2 Å². The highest BCUT2D eigenvalue weighted by Crippen LogP contribution is 2.33. The summed E-state index contributed by atoms with van der Waals surface area (Å²) in [6.07, 6.45) is -2.42. The van der Waals surface area contributed by atoms with E-state index < -0.39 is 47.6 Å². The molecule has 7 nitrogen and oxygen atoms in total. The molecule has 0 aliphatic carbocycles. The van der Waals surface area contributed by atoms with Gasteiger partial charge in [0.05, 0.1) is 0 Å². The number of ether oxygens (including phenoxy) is 1. The first kappa shape index (κ1) is 27.3. The van der Waals surface area contributed by atoms with Crippen LogP contribution in [0, 0.1) is 0 Å². The van der Waals surface area contributed by atoms with Crippen molar-refractivity contribution in [3.63, 3.8) is 0 Å². The van der Waals surface area contributed by atoms with Gasteiger partial charge in [-0.3, -0.25) is 19.1 Å². The number of carbonyl (C=O) groups is 2. The molecular weight excluding hydrogens is 519 g/mol. The number of hydrogen-bond acceptors (Lipinski definition) is 6. The fourth-order valence-electron chi connectivity index (χ4n) is 4.01. The highest BCUT2D eigenvalue weighted by molar-refractivity contribution is 7.98. The molecule has 2 aliphatic rings. The molecule has 3 aromatic rings. The summed E-state index contributed by atoms with van der Waals surface area (Å²) in [5.74, 6) is -1.31. The lowest BCUT2D eigenvalue weighted by Gasteiger charge is -2.36. The Hall–Kier alpha value is -3.73. The molecule has 0 saturated carbocycles. The number of pyridine rings is 1. The molecule has 3 heterocycles. The van der Waals surface area contributed by atoms with Crippen molar-refractivity contribution >= 4 is 23.6 Å². The summed E-state index contributed by atoms with van der Waals surface area (Å²) >= 11 is 1.95. The maximum absolute atomic E-state index is 12.9. The van der Waals surface area contributed by atoms with Gasteiger partial charge in [-0.25, -0.2) is 0 Å². The number of fused-ring (bicyclic) bond motifs is 3. The normalized spacial score (nSPS) is 15.0. The Kier molecular flexibility index (Phi) is 8.15. The Morgan fingerprint density at radius 1 is 1.05 bits per heavy atom. The van der Waals surface area contributed by atoms with Crippen LogP contribution in [0.2, 0.25) is 0 Å². The van der Waals surface area contributed by atoms with E-state index in [0.717, 1.165) is 29.8 Å². The van der Waals surface area contributed by atoms with E-state index in [0.29, 0.717) is 4.90 Å². The first-order valence-corrected chi connectivity index (χ1v) is 12.9. The standard InChI is InChI=1S/C14H12S.C13H14F3N3O4/c1-2-7-13-10-15-14-8-4-3-6-12(14)9-11(13)5-1;1-3-9(21)23-11-8(20)4-5-19-10(11)12(22)18(6-17-19)7(2)13(14,15)16/h1-8H,9-10H2;4-5,7,17H,3,6H2,1-2H3. The third kappa shape index (κ3) is 5.88. The number of alkyl halides is 3. The molecule has 0 spiro atoms. The molecular formula is C27H26F3N3O4S. The molecule has 0 saturated heterocycles. The van der Waals surface area contributed by atoms with Gasteiger partial charge in [-0.15, -0.1) is 11.8 Å². The van der Waals surface area contributed by atoms with Gasteiger partial charge in [0.15, 0.2) is 5.69 Å². The van der Waals surface area contributed by atoms with Crippen LogP contribution < -0.4 is 15.6 Å². The smallest absolute Gasteiger partial charge is 0.408 e. The molecule has 200 valence electrons. The van der Waals surface area contributed by atoms with E-state index in [-0.39, 0.29) is 6.42 Å². The minimum absolute atomic E-state index is 0.0575.